The van der Waals surface area contributed by atoms with Crippen LogP contribution in [0.15, 0.2) is 6.07 Å². The second kappa shape index (κ2) is 4.44. The third-order valence-corrected chi connectivity index (χ3v) is 1.84. The molecule has 1 amide bonds. The molecular weight excluding hydrogens is 192 g/mol. The quantitative estimate of drug-likeness (QED) is 0.659. The highest BCUT2D eigenvalue weighted by Crippen LogP contribution is 1.99. The molecule has 0 aliphatic rings. The first-order valence-electron chi connectivity index (χ1n) is 4.93. The molecular formula is C10H18N4O. The highest BCUT2D eigenvalue weighted by molar-refractivity contribution is 5.78. The Morgan fingerprint density at radius 1 is 1.67 bits per heavy atom. The van der Waals surface area contributed by atoms with E-state index in [1.54, 1.807) is 0 Å². The van der Waals surface area contributed by atoms with Gasteiger partial charge in [0.15, 0.2) is 0 Å². The van der Waals surface area contributed by atoms with E-state index in [0.717, 1.165) is 11.4 Å². The van der Waals surface area contributed by atoms with Crippen LogP contribution in [-0.2, 0) is 11.2 Å². The normalized spacial score (nSPS) is 11.5. The SMILES string of the molecule is Cc1cc(CC(=O)NCC(C)(C)N)n[nH]1. The number of carbonyl (C=O) groups excluding carboxylic acids is 1. The zero-order valence-electron chi connectivity index (χ0n) is 9.42. The monoisotopic (exact) mass is 210 g/mol. The van der Waals surface area contributed by atoms with Crippen LogP contribution in [0.1, 0.15) is 25.2 Å². The largest absolute Gasteiger partial charge is 0.354 e. The molecule has 0 aromatic carbocycles. The fourth-order valence-electron chi connectivity index (χ4n) is 1.12. The number of nitrogens with zero attached hydrogens (tertiary/aromatic N) is 1. The van der Waals surface area contributed by atoms with Gasteiger partial charge in [0.05, 0.1) is 12.1 Å². The molecule has 15 heavy (non-hydrogen) atoms. The van der Waals surface area contributed by atoms with Gasteiger partial charge in [-0.1, -0.05) is 0 Å². The Bertz CT molecular complexity index is 337. The van der Waals surface area contributed by atoms with Crippen molar-refractivity contribution in [2.75, 3.05) is 6.54 Å². The number of nitrogens with two attached hydrogens (primary N) is 1. The molecule has 1 heterocycles. The average Bonchev–Trinajstić information content (AvgIpc) is 2.47. The van der Waals surface area contributed by atoms with E-state index in [1.165, 1.54) is 0 Å². The molecule has 0 bridgehead atoms. The Hall–Kier alpha value is -1.36. The van der Waals surface area contributed by atoms with Gasteiger partial charge in [-0.05, 0) is 26.8 Å². The smallest absolute Gasteiger partial charge is 0.226 e. The van der Waals surface area contributed by atoms with Crippen LogP contribution in [0.5, 0.6) is 0 Å². The van der Waals surface area contributed by atoms with E-state index in [-0.39, 0.29) is 11.4 Å². The maximum Gasteiger partial charge on any atom is 0.226 e. The number of amides is 1. The lowest BCUT2D eigenvalue weighted by molar-refractivity contribution is -0.120. The van der Waals surface area contributed by atoms with E-state index >= 15 is 0 Å². The van der Waals surface area contributed by atoms with Gasteiger partial charge in [-0.3, -0.25) is 9.89 Å². The summed E-state index contributed by atoms with van der Waals surface area (Å²) in [5.41, 5.74) is 7.07. The van der Waals surface area contributed by atoms with Gasteiger partial charge in [0.1, 0.15) is 0 Å². The van der Waals surface area contributed by atoms with E-state index in [9.17, 15) is 4.79 Å². The zero-order valence-corrected chi connectivity index (χ0v) is 9.42. The first-order chi connectivity index (χ1) is 6.87. The van der Waals surface area contributed by atoms with Gasteiger partial charge in [-0.15, -0.1) is 0 Å². The summed E-state index contributed by atoms with van der Waals surface area (Å²) in [5.74, 6) is -0.0555. The fraction of sp³-hybridized carbons (Fsp3) is 0.600. The molecule has 0 aliphatic heterocycles. The molecule has 0 fully saturated rings. The summed E-state index contributed by atoms with van der Waals surface area (Å²) in [6.07, 6.45) is 0.292. The first kappa shape index (κ1) is 11.7. The highest BCUT2D eigenvalue weighted by atomic mass is 16.1. The fourth-order valence-corrected chi connectivity index (χ4v) is 1.12. The minimum absolute atomic E-state index is 0.0555. The molecule has 1 aromatic rings. The van der Waals surface area contributed by atoms with Crippen molar-refractivity contribution in [2.24, 2.45) is 5.73 Å². The van der Waals surface area contributed by atoms with Gasteiger partial charge >= 0.3 is 0 Å². The molecule has 5 heteroatoms. The number of nitrogens with one attached hydrogen (secondary N) is 2. The van der Waals surface area contributed by atoms with Gasteiger partial charge in [0.25, 0.3) is 0 Å². The second-order valence-corrected chi connectivity index (χ2v) is 4.48. The van der Waals surface area contributed by atoms with Crippen LogP contribution in [0.3, 0.4) is 0 Å². The van der Waals surface area contributed by atoms with Gasteiger partial charge in [0, 0.05) is 17.8 Å². The topological polar surface area (TPSA) is 83.8 Å². The van der Waals surface area contributed by atoms with Crippen LogP contribution in [-0.4, -0.2) is 28.2 Å². The molecule has 0 atom stereocenters. The third-order valence-electron chi connectivity index (χ3n) is 1.84. The van der Waals surface area contributed by atoms with E-state index in [4.69, 9.17) is 5.73 Å². The molecule has 1 rings (SSSR count). The Balaban J connectivity index is 2.37. The second-order valence-electron chi connectivity index (χ2n) is 4.48. The summed E-state index contributed by atoms with van der Waals surface area (Å²) in [5, 5.41) is 9.54. The number of hydrogen-bond donors (Lipinski definition) is 3. The van der Waals surface area contributed by atoms with Crippen molar-refractivity contribution in [3.05, 3.63) is 17.5 Å². The van der Waals surface area contributed by atoms with E-state index < -0.39 is 0 Å². The van der Waals surface area contributed by atoms with Crippen LogP contribution in [0, 0.1) is 6.92 Å². The number of aromatic nitrogens is 2. The molecule has 0 radical (unpaired) electrons. The minimum atomic E-state index is -0.378. The number of carbonyl (C=O) groups is 1. The van der Waals surface area contributed by atoms with Crippen LogP contribution < -0.4 is 11.1 Å². The number of aromatic amines is 1. The van der Waals surface area contributed by atoms with Crippen LogP contribution >= 0.6 is 0 Å². The number of hydrogen-bond acceptors (Lipinski definition) is 3. The maximum absolute atomic E-state index is 11.4. The molecule has 84 valence electrons. The molecule has 0 saturated heterocycles. The summed E-state index contributed by atoms with van der Waals surface area (Å²) in [6.45, 7) is 6.10. The van der Waals surface area contributed by atoms with Crippen molar-refractivity contribution < 1.29 is 4.79 Å². The first-order valence-corrected chi connectivity index (χ1v) is 4.93. The highest BCUT2D eigenvalue weighted by Gasteiger charge is 2.13. The zero-order chi connectivity index (χ0) is 11.5. The van der Waals surface area contributed by atoms with Crippen LogP contribution in [0.2, 0.25) is 0 Å². The molecule has 5 nitrogen and oxygen atoms in total. The van der Waals surface area contributed by atoms with Crippen molar-refractivity contribution >= 4 is 5.91 Å². The van der Waals surface area contributed by atoms with Gasteiger partial charge in [-0.2, -0.15) is 5.10 Å². The summed E-state index contributed by atoms with van der Waals surface area (Å²) >= 11 is 0. The maximum atomic E-state index is 11.4. The minimum Gasteiger partial charge on any atom is -0.354 e. The van der Waals surface area contributed by atoms with E-state index in [1.807, 2.05) is 26.8 Å². The lowest BCUT2D eigenvalue weighted by Crippen LogP contribution is -2.45. The predicted octanol–water partition coefficient (Wildman–Crippen LogP) is 0.114. The summed E-state index contributed by atoms with van der Waals surface area (Å²) in [4.78, 5) is 11.4. The van der Waals surface area contributed by atoms with Crippen molar-refractivity contribution in [3.8, 4) is 0 Å². The van der Waals surface area contributed by atoms with Gasteiger partial charge < -0.3 is 11.1 Å². The molecule has 4 N–H and O–H groups in total. The average molecular weight is 210 g/mol. The van der Waals surface area contributed by atoms with Crippen LogP contribution in [0.4, 0.5) is 0 Å². The van der Waals surface area contributed by atoms with Crippen LogP contribution in [0.25, 0.3) is 0 Å². The lowest BCUT2D eigenvalue weighted by Gasteiger charge is -2.18. The predicted molar refractivity (Wildman–Crippen MR) is 58.3 cm³/mol. The molecule has 0 saturated carbocycles. The van der Waals surface area contributed by atoms with Gasteiger partial charge in [0.2, 0.25) is 5.91 Å². The Morgan fingerprint density at radius 3 is 2.80 bits per heavy atom. The van der Waals surface area contributed by atoms with Crippen molar-refractivity contribution in [1.82, 2.24) is 15.5 Å². The lowest BCUT2D eigenvalue weighted by atomic mass is 10.1. The van der Waals surface area contributed by atoms with Crippen molar-refractivity contribution in [1.29, 1.82) is 0 Å². The standard InChI is InChI=1S/C10H18N4O/c1-7-4-8(14-13-7)5-9(15)12-6-10(2,3)11/h4H,5-6,11H2,1-3H3,(H,12,15)(H,13,14). The number of aryl methyl sites for hydroxylation is 1. The summed E-state index contributed by atoms with van der Waals surface area (Å²) in [7, 11) is 0. The molecule has 0 aliphatic carbocycles. The Kier molecular flexibility index (Phi) is 3.47. The Labute approximate surface area is 89.4 Å². The third kappa shape index (κ3) is 4.60. The van der Waals surface area contributed by atoms with Crippen molar-refractivity contribution in [2.45, 2.75) is 32.7 Å². The summed E-state index contributed by atoms with van der Waals surface area (Å²) < 4.78 is 0. The molecule has 1 aromatic heterocycles. The number of rotatable bonds is 4. The van der Waals surface area contributed by atoms with E-state index in [2.05, 4.69) is 15.5 Å². The Morgan fingerprint density at radius 2 is 2.33 bits per heavy atom. The molecule has 0 spiro atoms. The molecule has 0 unspecified atom stereocenters. The van der Waals surface area contributed by atoms with E-state index in [0.29, 0.717) is 13.0 Å². The van der Waals surface area contributed by atoms with Crippen molar-refractivity contribution in [3.63, 3.8) is 0 Å². The summed E-state index contributed by atoms with van der Waals surface area (Å²) in [6, 6.07) is 1.85. The number of H-pyrrole nitrogens is 1. The van der Waals surface area contributed by atoms with Gasteiger partial charge in [-0.25, -0.2) is 0 Å².